The quantitative estimate of drug-likeness (QED) is 0.362. The van der Waals surface area contributed by atoms with Gasteiger partial charge in [-0.3, -0.25) is 0 Å². The Kier molecular flexibility index (Phi) is 4.78. The molecule has 0 bridgehead atoms. The average Bonchev–Trinajstić information content (AvgIpc) is 2.81. The van der Waals surface area contributed by atoms with E-state index in [4.69, 9.17) is 0 Å². The van der Waals surface area contributed by atoms with Crippen molar-refractivity contribution in [2.75, 3.05) is 10.6 Å². The van der Waals surface area contributed by atoms with Crippen molar-refractivity contribution in [3.63, 3.8) is 0 Å². The molecule has 0 aliphatic carbocycles. The van der Waals surface area contributed by atoms with Crippen molar-refractivity contribution in [3.05, 3.63) is 114 Å². The second kappa shape index (κ2) is 7.63. The first-order chi connectivity index (χ1) is 15.1. The number of para-hydroxylation sites is 1. The van der Waals surface area contributed by atoms with Crippen LogP contribution in [0.5, 0.6) is 0 Å². The third-order valence-electron chi connectivity index (χ3n) is 6.37. The molecule has 0 radical (unpaired) electrons. The Morgan fingerprint density at radius 2 is 1.39 bits per heavy atom. The van der Waals surface area contributed by atoms with Crippen LogP contribution in [-0.2, 0) is 5.41 Å². The third kappa shape index (κ3) is 3.38. The lowest BCUT2D eigenvalue weighted by atomic mass is 9.71. The first-order valence-corrected chi connectivity index (χ1v) is 11.0. The van der Waals surface area contributed by atoms with E-state index in [0.717, 1.165) is 11.4 Å². The maximum atomic E-state index is 3.79. The first kappa shape index (κ1) is 19.4. The number of nitrogens with one attached hydrogen (secondary N) is 2. The fourth-order valence-electron chi connectivity index (χ4n) is 4.60. The predicted octanol–water partition coefficient (Wildman–Crippen LogP) is 7.85. The molecule has 2 heteroatoms. The van der Waals surface area contributed by atoms with Gasteiger partial charge in [0.2, 0.25) is 0 Å². The molecular formula is C29H28N2. The lowest BCUT2D eigenvalue weighted by Crippen LogP contribution is -2.29. The summed E-state index contributed by atoms with van der Waals surface area (Å²) in [5.41, 5.74) is 7.08. The van der Waals surface area contributed by atoms with Crippen LogP contribution in [0.1, 0.15) is 31.9 Å². The third-order valence-corrected chi connectivity index (χ3v) is 6.37. The highest BCUT2D eigenvalue weighted by Gasteiger charge is 2.35. The number of allylic oxidation sites excluding steroid dienone is 2. The standard InChI is InChI=1S/C29H28N2/c1-20(2)27-19-29(3,21-12-6-4-7-13-21)25-18-26(30-22-14-8-5-9-15-22)23-16-10-11-17-24(23)28(25)31-27/h4-20,30-31H,1-3H3. The lowest BCUT2D eigenvalue weighted by Gasteiger charge is -2.38. The Labute approximate surface area is 184 Å². The second-order valence-corrected chi connectivity index (χ2v) is 8.83. The molecule has 5 rings (SSSR count). The zero-order chi connectivity index (χ0) is 21.4. The van der Waals surface area contributed by atoms with Gasteiger partial charge in [-0.2, -0.15) is 0 Å². The summed E-state index contributed by atoms with van der Waals surface area (Å²) < 4.78 is 0. The molecule has 1 heterocycles. The van der Waals surface area contributed by atoms with E-state index in [9.17, 15) is 0 Å². The summed E-state index contributed by atoms with van der Waals surface area (Å²) in [6, 6.07) is 32.2. The Hall–Kier alpha value is -3.52. The first-order valence-electron chi connectivity index (χ1n) is 11.0. The van der Waals surface area contributed by atoms with Crippen LogP contribution < -0.4 is 10.6 Å². The molecule has 1 unspecified atom stereocenters. The molecule has 0 saturated heterocycles. The van der Waals surface area contributed by atoms with Crippen molar-refractivity contribution >= 4 is 27.8 Å². The van der Waals surface area contributed by atoms with Crippen molar-refractivity contribution < 1.29 is 0 Å². The highest BCUT2D eigenvalue weighted by atomic mass is 14.9. The molecule has 2 N–H and O–H groups in total. The van der Waals surface area contributed by atoms with E-state index in [1.165, 1.54) is 33.3 Å². The normalized spacial score (nSPS) is 17.7. The van der Waals surface area contributed by atoms with Crippen molar-refractivity contribution in [2.45, 2.75) is 26.2 Å². The van der Waals surface area contributed by atoms with E-state index in [0.29, 0.717) is 5.92 Å². The summed E-state index contributed by atoms with van der Waals surface area (Å²) in [5, 5.41) is 9.92. The Bertz CT molecular complexity index is 1260. The largest absolute Gasteiger partial charge is 0.358 e. The van der Waals surface area contributed by atoms with E-state index >= 15 is 0 Å². The van der Waals surface area contributed by atoms with Crippen LogP contribution in [0.3, 0.4) is 0 Å². The molecule has 0 fully saturated rings. The zero-order valence-electron chi connectivity index (χ0n) is 18.3. The number of anilines is 3. The van der Waals surface area contributed by atoms with Gasteiger partial charge in [0.25, 0.3) is 0 Å². The highest BCUT2D eigenvalue weighted by molar-refractivity contribution is 6.05. The minimum Gasteiger partial charge on any atom is -0.358 e. The van der Waals surface area contributed by atoms with Gasteiger partial charge in [-0.15, -0.1) is 0 Å². The minimum atomic E-state index is -0.224. The predicted molar refractivity (Wildman–Crippen MR) is 133 cm³/mol. The summed E-state index contributed by atoms with van der Waals surface area (Å²) in [7, 11) is 0. The topological polar surface area (TPSA) is 24.1 Å². The van der Waals surface area contributed by atoms with Crippen LogP contribution in [0, 0.1) is 5.92 Å². The van der Waals surface area contributed by atoms with Crippen LogP contribution in [0.4, 0.5) is 17.1 Å². The van der Waals surface area contributed by atoms with Gasteiger partial charge in [0.15, 0.2) is 0 Å². The average molecular weight is 405 g/mol. The fraction of sp³-hybridized carbons (Fsp3) is 0.172. The molecule has 4 aromatic carbocycles. The molecule has 2 nitrogen and oxygen atoms in total. The fourth-order valence-corrected chi connectivity index (χ4v) is 4.60. The summed E-state index contributed by atoms with van der Waals surface area (Å²) >= 11 is 0. The monoisotopic (exact) mass is 404 g/mol. The number of hydrogen-bond acceptors (Lipinski definition) is 2. The Morgan fingerprint density at radius 1 is 0.774 bits per heavy atom. The van der Waals surface area contributed by atoms with E-state index < -0.39 is 0 Å². The van der Waals surface area contributed by atoms with Gasteiger partial charge in [0, 0.05) is 33.3 Å². The molecule has 0 spiro atoms. The lowest BCUT2D eigenvalue weighted by molar-refractivity contribution is 0.672. The summed E-state index contributed by atoms with van der Waals surface area (Å²) in [5.74, 6) is 0.414. The van der Waals surface area contributed by atoms with Crippen LogP contribution in [0.25, 0.3) is 10.8 Å². The number of benzene rings is 4. The van der Waals surface area contributed by atoms with E-state index in [1.807, 2.05) is 6.07 Å². The van der Waals surface area contributed by atoms with Gasteiger partial charge in [0.1, 0.15) is 0 Å². The number of hydrogen-bond donors (Lipinski definition) is 2. The maximum Gasteiger partial charge on any atom is 0.0507 e. The van der Waals surface area contributed by atoms with E-state index in [1.54, 1.807) is 0 Å². The number of fused-ring (bicyclic) bond motifs is 3. The van der Waals surface area contributed by atoms with Crippen molar-refractivity contribution in [1.29, 1.82) is 0 Å². The second-order valence-electron chi connectivity index (χ2n) is 8.83. The zero-order valence-corrected chi connectivity index (χ0v) is 18.3. The van der Waals surface area contributed by atoms with E-state index in [-0.39, 0.29) is 5.41 Å². The SMILES string of the molecule is CC(C)C1=CC(C)(c2ccccc2)c2cc(Nc3ccccc3)c3ccccc3c2N1. The van der Waals surface area contributed by atoms with Gasteiger partial charge < -0.3 is 10.6 Å². The van der Waals surface area contributed by atoms with Gasteiger partial charge in [-0.25, -0.2) is 0 Å². The maximum absolute atomic E-state index is 3.79. The summed E-state index contributed by atoms with van der Waals surface area (Å²) in [6.45, 7) is 6.84. The molecular weight excluding hydrogens is 376 g/mol. The molecule has 1 atom stereocenters. The molecule has 154 valence electrons. The molecule has 0 saturated carbocycles. The van der Waals surface area contributed by atoms with Crippen LogP contribution >= 0.6 is 0 Å². The van der Waals surface area contributed by atoms with Gasteiger partial charge in [-0.05, 0) is 42.2 Å². The van der Waals surface area contributed by atoms with Crippen molar-refractivity contribution in [2.24, 2.45) is 5.92 Å². The number of rotatable bonds is 4. The van der Waals surface area contributed by atoms with Crippen LogP contribution in [-0.4, -0.2) is 0 Å². The molecule has 31 heavy (non-hydrogen) atoms. The molecule has 4 aromatic rings. The van der Waals surface area contributed by atoms with Gasteiger partial charge in [0.05, 0.1) is 5.69 Å². The molecule has 0 aromatic heterocycles. The van der Waals surface area contributed by atoms with Gasteiger partial charge >= 0.3 is 0 Å². The minimum absolute atomic E-state index is 0.224. The summed E-state index contributed by atoms with van der Waals surface area (Å²) in [4.78, 5) is 0. The van der Waals surface area contributed by atoms with Crippen molar-refractivity contribution in [1.82, 2.24) is 0 Å². The highest BCUT2D eigenvalue weighted by Crippen LogP contribution is 2.48. The molecule has 1 aliphatic heterocycles. The Balaban J connectivity index is 1.78. The molecule has 0 amide bonds. The van der Waals surface area contributed by atoms with Crippen molar-refractivity contribution in [3.8, 4) is 0 Å². The smallest absolute Gasteiger partial charge is 0.0507 e. The molecule has 1 aliphatic rings. The summed E-state index contributed by atoms with van der Waals surface area (Å²) in [6.07, 6.45) is 2.41. The van der Waals surface area contributed by atoms with Gasteiger partial charge in [-0.1, -0.05) is 92.7 Å². The van der Waals surface area contributed by atoms with Crippen LogP contribution in [0.15, 0.2) is 103 Å². The van der Waals surface area contributed by atoms with E-state index in [2.05, 4.69) is 122 Å². The van der Waals surface area contributed by atoms with Crippen LogP contribution in [0.2, 0.25) is 0 Å². The Morgan fingerprint density at radius 3 is 2.06 bits per heavy atom.